The zero-order valence-electron chi connectivity index (χ0n) is 7.30. The molecule has 1 aromatic heterocycles. The van der Waals surface area contributed by atoms with Crippen molar-refractivity contribution in [3.05, 3.63) is 27.3 Å². The number of nitrogens with two attached hydrogens (primary N) is 1. The molecule has 1 nitrogen and oxygen atoms in total. The predicted octanol–water partition coefficient (Wildman–Crippen LogP) is 3.65. The van der Waals surface area contributed by atoms with Crippen molar-refractivity contribution in [3.63, 3.8) is 0 Å². The molecule has 2 N–H and O–H groups in total. The van der Waals surface area contributed by atoms with Crippen molar-refractivity contribution in [1.29, 1.82) is 0 Å². The number of fused-ring (bicyclic) bond motifs is 1. The molecular formula is C10H10INS. The first-order valence-corrected chi connectivity index (χ1v) is 6.08. The number of hydrogen-bond acceptors (Lipinski definition) is 2. The fourth-order valence-corrected chi connectivity index (χ4v) is 3.44. The van der Waals surface area contributed by atoms with E-state index in [0.717, 1.165) is 11.4 Å². The monoisotopic (exact) mass is 303 g/mol. The first-order valence-electron chi connectivity index (χ1n) is 4.18. The van der Waals surface area contributed by atoms with Gasteiger partial charge >= 0.3 is 0 Å². The van der Waals surface area contributed by atoms with Gasteiger partial charge < -0.3 is 5.73 Å². The Morgan fingerprint density at radius 2 is 2.23 bits per heavy atom. The minimum Gasteiger partial charge on any atom is -0.391 e. The van der Waals surface area contributed by atoms with Crippen LogP contribution in [0.25, 0.3) is 10.1 Å². The molecule has 3 heteroatoms. The van der Waals surface area contributed by atoms with E-state index in [1.54, 1.807) is 11.3 Å². The molecule has 68 valence electrons. The Bertz CT molecular complexity index is 447. The maximum Gasteiger partial charge on any atom is 0.0869 e. The fourth-order valence-electron chi connectivity index (χ4n) is 1.42. The number of benzene rings is 1. The Morgan fingerprint density at radius 1 is 1.46 bits per heavy atom. The highest BCUT2D eigenvalue weighted by molar-refractivity contribution is 14.1. The molecular weight excluding hydrogens is 293 g/mol. The Labute approximate surface area is 95.1 Å². The van der Waals surface area contributed by atoms with Gasteiger partial charge in [-0.05, 0) is 46.7 Å². The summed E-state index contributed by atoms with van der Waals surface area (Å²) in [5.74, 6) is 0. The zero-order valence-corrected chi connectivity index (χ0v) is 10.3. The van der Waals surface area contributed by atoms with Crippen molar-refractivity contribution in [3.8, 4) is 0 Å². The molecule has 0 saturated heterocycles. The first kappa shape index (κ1) is 9.27. The van der Waals surface area contributed by atoms with Gasteiger partial charge in [0.2, 0.25) is 0 Å². The topological polar surface area (TPSA) is 26.0 Å². The average Bonchev–Trinajstić information content (AvgIpc) is 2.47. The molecule has 0 unspecified atom stereocenters. The second-order valence-corrected chi connectivity index (χ2v) is 5.15. The van der Waals surface area contributed by atoms with E-state index in [0.29, 0.717) is 0 Å². The summed E-state index contributed by atoms with van der Waals surface area (Å²) in [6, 6.07) is 6.43. The summed E-state index contributed by atoms with van der Waals surface area (Å²) in [4.78, 5) is 0. The van der Waals surface area contributed by atoms with Crippen molar-refractivity contribution in [1.82, 2.24) is 0 Å². The number of aryl methyl sites for hydroxylation is 1. The minimum atomic E-state index is 0.904. The van der Waals surface area contributed by atoms with Crippen molar-refractivity contribution in [2.45, 2.75) is 13.3 Å². The Morgan fingerprint density at radius 3 is 2.92 bits per heavy atom. The van der Waals surface area contributed by atoms with E-state index in [1.165, 1.54) is 19.2 Å². The van der Waals surface area contributed by atoms with Crippen molar-refractivity contribution in [2.24, 2.45) is 0 Å². The SMILES string of the molecule is CCc1ccc2sc(N)cc2c1I. The second kappa shape index (κ2) is 3.46. The van der Waals surface area contributed by atoms with E-state index >= 15 is 0 Å². The highest BCUT2D eigenvalue weighted by Crippen LogP contribution is 2.32. The van der Waals surface area contributed by atoms with Crippen molar-refractivity contribution in [2.75, 3.05) is 5.73 Å². The van der Waals surface area contributed by atoms with E-state index in [2.05, 4.69) is 47.7 Å². The van der Waals surface area contributed by atoms with Gasteiger partial charge in [0.1, 0.15) is 0 Å². The third kappa shape index (κ3) is 1.55. The van der Waals surface area contributed by atoms with Gasteiger partial charge in [-0.3, -0.25) is 0 Å². The summed E-state index contributed by atoms with van der Waals surface area (Å²) in [5.41, 5.74) is 7.17. The Kier molecular flexibility index (Phi) is 2.47. The molecule has 0 aliphatic rings. The smallest absolute Gasteiger partial charge is 0.0869 e. The molecule has 1 heterocycles. The van der Waals surface area contributed by atoms with Crippen LogP contribution in [0.1, 0.15) is 12.5 Å². The van der Waals surface area contributed by atoms with Gasteiger partial charge in [-0.1, -0.05) is 13.0 Å². The molecule has 0 spiro atoms. The fraction of sp³-hybridized carbons (Fsp3) is 0.200. The zero-order chi connectivity index (χ0) is 9.42. The van der Waals surface area contributed by atoms with Crippen LogP contribution in [0.5, 0.6) is 0 Å². The molecule has 0 atom stereocenters. The van der Waals surface area contributed by atoms with E-state index in [1.807, 2.05) is 0 Å². The minimum absolute atomic E-state index is 0.904. The highest BCUT2D eigenvalue weighted by atomic mass is 127. The first-order chi connectivity index (χ1) is 6.22. The molecule has 0 fully saturated rings. The molecule has 0 radical (unpaired) electrons. The van der Waals surface area contributed by atoms with Crippen LogP contribution in [0.2, 0.25) is 0 Å². The third-order valence-corrected chi connectivity index (χ3v) is 4.32. The molecule has 0 aliphatic carbocycles. The predicted molar refractivity (Wildman–Crippen MR) is 68.3 cm³/mol. The Hall–Kier alpha value is -0.290. The van der Waals surface area contributed by atoms with Gasteiger partial charge in [-0.2, -0.15) is 0 Å². The lowest BCUT2D eigenvalue weighted by Crippen LogP contribution is -1.84. The molecule has 1 aromatic carbocycles. The molecule has 2 aromatic rings. The number of rotatable bonds is 1. The van der Waals surface area contributed by atoms with Gasteiger partial charge in [-0.15, -0.1) is 11.3 Å². The summed E-state index contributed by atoms with van der Waals surface area (Å²) in [6.45, 7) is 2.18. The standard InChI is InChI=1S/C10H10INS/c1-2-6-3-4-8-7(10(6)11)5-9(12)13-8/h3-5H,2,12H2,1H3. The van der Waals surface area contributed by atoms with Gasteiger partial charge in [0.05, 0.1) is 5.00 Å². The van der Waals surface area contributed by atoms with E-state index in [-0.39, 0.29) is 0 Å². The number of nitrogen functional groups attached to an aromatic ring is 1. The van der Waals surface area contributed by atoms with Crippen LogP contribution in [0.15, 0.2) is 18.2 Å². The molecule has 0 aliphatic heterocycles. The van der Waals surface area contributed by atoms with E-state index in [9.17, 15) is 0 Å². The third-order valence-electron chi connectivity index (χ3n) is 2.12. The lowest BCUT2D eigenvalue weighted by molar-refractivity contribution is 1.13. The number of anilines is 1. The van der Waals surface area contributed by atoms with Crippen LogP contribution in [0, 0.1) is 3.57 Å². The van der Waals surface area contributed by atoms with Crippen LogP contribution in [0.3, 0.4) is 0 Å². The number of thiophene rings is 1. The molecule has 0 bridgehead atoms. The maximum atomic E-state index is 5.77. The summed E-state index contributed by atoms with van der Waals surface area (Å²) < 4.78 is 2.64. The molecule has 0 saturated carbocycles. The van der Waals surface area contributed by atoms with Crippen LogP contribution >= 0.6 is 33.9 Å². The summed E-state index contributed by atoms with van der Waals surface area (Å²) >= 11 is 4.06. The van der Waals surface area contributed by atoms with Crippen LogP contribution in [0.4, 0.5) is 5.00 Å². The van der Waals surface area contributed by atoms with Gasteiger partial charge in [0.15, 0.2) is 0 Å². The van der Waals surface area contributed by atoms with Crippen molar-refractivity contribution >= 4 is 49.0 Å². The number of halogens is 1. The maximum absolute atomic E-state index is 5.77. The van der Waals surface area contributed by atoms with E-state index in [4.69, 9.17) is 5.73 Å². The molecule has 0 amide bonds. The lowest BCUT2D eigenvalue weighted by atomic mass is 10.1. The summed E-state index contributed by atoms with van der Waals surface area (Å²) in [7, 11) is 0. The van der Waals surface area contributed by atoms with E-state index < -0.39 is 0 Å². The lowest BCUT2D eigenvalue weighted by Gasteiger charge is -2.01. The molecule has 13 heavy (non-hydrogen) atoms. The number of hydrogen-bond donors (Lipinski definition) is 1. The van der Waals surface area contributed by atoms with Gasteiger partial charge in [-0.25, -0.2) is 0 Å². The Balaban J connectivity index is 2.78. The van der Waals surface area contributed by atoms with Crippen molar-refractivity contribution < 1.29 is 0 Å². The van der Waals surface area contributed by atoms with Crippen LogP contribution < -0.4 is 5.73 Å². The molecule has 2 rings (SSSR count). The average molecular weight is 303 g/mol. The normalized spacial score (nSPS) is 10.9. The quantitative estimate of drug-likeness (QED) is 0.800. The van der Waals surface area contributed by atoms with Gasteiger partial charge in [0, 0.05) is 13.7 Å². The highest BCUT2D eigenvalue weighted by Gasteiger charge is 2.05. The summed E-state index contributed by atoms with van der Waals surface area (Å²) in [6.07, 6.45) is 1.09. The second-order valence-electron chi connectivity index (χ2n) is 2.95. The van der Waals surface area contributed by atoms with Crippen LogP contribution in [-0.2, 0) is 6.42 Å². The van der Waals surface area contributed by atoms with Crippen LogP contribution in [-0.4, -0.2) is 0 Å². The summed E-state index contributed by atoms with van der Waals surface area (Å²) in [5, 5.41) is 2.21. The largest absolute Gasteiger partial charge is 0.391 e. The van der Waals surface area contributed by atoms with Gasteiger partial charge in [0.25, 0.3) is 0 Å².